The van der Waals surface area contributed by atoms with Crippen molar-refractivity contribution in [1.82, 2.24) is 10.3 Å². The molecule has 0 spiro atoms. The molecule has 182 valence electrons. The molecule has 0 fully saturated rings. The third-order valence-corrected chi connectivity index (χ3v) is 9.18. The molecular formula is C23H25FN2O5S3. The van der Waals surface area contributed by atoms with Gasteiger partial charge in [-0.05, 0) is 68.1 Å². The first-order valence-electron chi connectivity index (χ1n) is 10.0. The standard InChI is InChI=1S/C23H25FN2O5S3/c1-23(2,3)31-22(27)26-13-20-25-14-21(32-20)33(4,28)18-10-16(11-19(12-18)34(5,29)30)15-7-6-8-17(24)9-15/h6-12,14H,4,13H2,1-3,5H3,(H,26,27). The summed E-state index contributed by atoms with van der Waals surface area (Å²) in [6.45, 7) is 5.30. The number of thiazole rings is 1. The van der Waals surface area contributed by atoms with E-state index in [0.717, 1.165) is 17.6 Å². The molecule has 1 amide bonds. The Labute approximate surface area is 202 Å². The van der Waals surface area contributed by atoms with Gasteiger partial charge in [0.1, 0.15) is 20.6 Å². The number of halogens is 1. The fourth-order valence-corrected chi connectivity index (χ4v) is 6.47. The van der Waals surface area contributed by atoms with E-state index in [1.54, 1.807) is 26.8 Å². The van der Waals surface area contributed by atoms with Crippen molar-refractivity contribution in [1.29, 1.82) is 0 Å². The Balaban J connectivity index is 1.96. The van der Waals surface area contributed by atoms with Gasteiger partial charge in [0.05, 0.1) is 17.6 Å². The molecule has 3 aromatic rings. The number of rotatable bonds is 6. The summed E-state index contributed by atoms with van der Waals surface area (Å²) in [5, 5.41) is 3.06. The minimum atomic E-state index is -3.66. The normalized spacial score (nSPS) is 13.8. The lowest BCUT2D eigenvalue weighted by Crippen LogP contribution is -2.32. The average Bonchev–Trinajstić information content (AvgIpc) is 3.20. The van der Waals surface area contributed by atoms with Crippen LogP contribution in [0.15, 0.2) is 62.7 Å². The van der Waals surface area contributed by atoms with E-state index < -0.39 is 36.9 Å². The molecule has 1 N–H and O–H groups in total. The molecule has 1 heterocycles. The monoisotopic (exact) mass is 524 g/mol. The molecule has 1 aromatic heterocycles. The number of benzene rings is 2. The zero-order chi connectivity index (χ0) is 25.3. The van der Waals surface area contributed by atoms with Crippen LogP contribution < -0.4 is 5.32 Å². The van der Waals surface area contributed by atoms with Crippen LogP contribution in [0.5, 0.6) is 0 Å². The number of carbonyl (C=O) groups is 1. The molecule has 0 saturated heterocycles. The van der Waals surface area contributed by atoms with Crippen LogP contribution in [0.1, 0.15) is 25.8 Å². The van der Waals surface area contributed by atoms with Crippen molar-refractivity contribution >= 4 is 42.7 Å². The molecule has 0 bridgehead atoms. The highest BCUT2D eigenvalue weighted by Gasteiger charge is 2.21. The van der Waals surface area contributed by atoms with Crippen LogP contribution in [0.25, 0.3) is 11.1 Å². The van der Waals surface area contributed by atoms with Crippen LogP contribution in [0.4, 0.5) is 9.18 Å². The molecule has 0 radical (unpaired) electrons. The lowest BCUT2D eigenvalue weighted by atomic mass is 10.1. The maximum Gasteiger partial charge on any atom is 0.408 e. The van der Waals surface area contributed by atoms with Gasteiger partial charge in [-0.2, -0.15) is 0 Å². The number of amides is 1. The smallest absolute Gasteiger partial charge is 0.408 e. The molecule has 2 aromatic carbocycles. The Kier molecular flexibility index (Phi) is 7.20. The van der Waals surface area contributed by atoms with E-state index in [-0.39, 0.29) is 16.3 Å². The van der Waals surface area contributed by atoms with Crippen LogP contribution in [0.2, 0.25) is 0 Å². The van der Waals surface area contributed by atoms with Gasteiger partial charge < -0.3 is 10.1 Å². The minimum Gasteiger partial charge on any atom is -0.444 e. The molecule has 0 aliphatic heterocycles. The zero-order valence-corrected chi connectivity index (χ0v) is 21.6. The number of alkyl carbamates (subject to hydrolysis) is 1. The van der Waals surface area contributed by atoms with E-state index in [4.69, 9.17) is 4.74 Å². The molecule has 0 saturated carbocycles. The van der Waals surface area contributed by atoms with E-state index in [2.05, 4.69) is 16.2 Å². The number of ether oxygens (including phenoxy) is 1. The number of sulfone groups is 1. The molecular weight excluding hydrogens is 499 g/mol. The van der Waals surface area contributed by atoms with Crippen LogP contribution in [-0.4, -0.2) is 41.4 Å². The highest BCUT2D eigenvalue weighted by atomic mass is 32.2. The molecule has 7 nitrogen and oxygen atoms in total. The quantitative estimate of drug-likeness (QED) is 0.476. The van der Waals surface area contributed by atoms with E-state index in [1.807, 2.05) is 0 Å². The fourth-order valence-electron chi connectivity index (χ4n) is 2.92. The number of nitrogens with zero attached hydrogens (tertiary/aromatic N) is 1. The minimum absolute atomic E-state index is 0.0584. The topological polar surface area (TPSA) is 102 Å². The summed E-state index contributed by atoms with van der Waals surface area (Å²) in [5.41, 5.74) is 0.183. The lowest BCUT2D eigenvalue weighted by Gasteiger charge is -2.19. The van der Waals surface area contributed by atoms with E-state index >= 15 is 0 Å². The first-order valence-corrected chi connectivity index (χ1v) is 14.5. The van der Waals surface area contributed by atoms with Crippen LogP contribution in [0, 0.1) is 5.82 Å². The summed E-state index contributed by atoms with van der Waals surface area (Å²) in [6, 6.07) is 9.94. The largest absolute Gasteiger partial charge is 0.444 e. The average molecular weight is 525 g/mol. The molecule has 11 heteroatoms. The van der Waals surface area contributed by atoms with E-state index in [0.29, 0.717) is 20.3 Å². The maximum atomic E-state index is 13.8. The molecule has 3 rings (SSSR count). The second kappa shape index (κ2) is 9.47. The second-order valence-electron chi connectivity index (χ2n) is 8.58. The van der Waals surface area contributed by atoms with Gasteiger partial charge in [0, 0.05) is 20.7 Å². The van der Waals surface area contributed by atoms with Gasteiger partial charge in [0.2, 0.25) is 0 Å². The van der Waals surface area contributed by atoms with Gasteiger partial charge in [-0.15, -0.1) is 11.3 Å². The Morgan fingerprint density at radius 3 is 2.41 bits per heavy atom. The summed E-state index contributed by atoms with van der Waals surface area (Å²) >= 11 is 1.08. The number of hydrogen-bond acceptors (Lipinski definition) is 7. The van der Waals surface area contributed by atoms with Crippen LogP contribution in [0.3, 0.4) is 0 Å². The van der Waals surface area contributed by atoms with Gasteiger partial charge in [-0.1, -0.05) is 12.1 Å². The van der Waals surface area contributed by atoms with Crippen molar-refractivity contribution in [2.45, 2.75) is 46.9 Å². The molecule has 1 atom stereocenters. The third-order valence-electron chi connectivity index (χ3n) is 4.49. The highest BCUT2D eigenvalue weighted by molar-refractivity contribution is 8.02. The fraction of sp³-hybridized carbons (Fsp3) is 0.261. The SMILES string of the molecule is C=S(=O)(c1cc(-c2cccc(F)c2)cc(S(C)(=O)=O)c1)c1cnc(CNC(=O)OC(C)(C)C)s1. The van der Waals surface area contributed by atoms with Crippen LogP contribution >= 0.6 is 11.3 Å². The summed E-state index contributed by atoms with van der Waals surface area (Å²) in [5.74, 6) is 3.38. The van der Waals surface area contributed by atoms with Gasteiger partial charge in [0.25, 0.3) is 0 Å². The molecule has 0 aliphatic rings. The highest BCUT2D eigenvalue weighted by Crippen LogP contribution is 2.32. The Morgan fingerprint density at radius 2 is 1.79 bits per heavy atom. The molecule has 0 aliphatic carbocycles. The first kappa shape index (κ1) is 25.9. The van der Waals surface area contributed by atoms with E-state index in [1.165, 1.54) is 42.6 Å². The van der Waals surface area contributed by atoms with Crippen molar-refractivity contribution in [3.63, 3.8) is 0 Å². The predicted octanol–water partition coefficient (Wildman–Crippen LogP) is 4.51. The van der Waals surface area contributed by atoms with E-state index in [9.17, 15) is 21.8 Å². The Bertz CT molecular complexity index is 1440. The zero-order valence-electron chi connectivity index (χ0n) is 19.1. The molecule has 1 unspecified atom stereocenters. The lowest BCUT2D eigenvalue weighted by molar-refractivity contribution is 0.0523. The predicted molar refractivity (Wildman–Crippen MR) is 132 cm³/mol. The Morgan fingerprint density at radius 1 is 1.12 bits per heavy atom. The Hall–Kier alpha value is -2.76. The van der Waals surface area contributed by atoms with Crippen molar-refractivity contribution < 1.29 is 26.5 Å². The summed E-state index contributed by atoms with van der Waals surface area (Å²) in [6.07, 6.45) is 1.82. The van der Waals surface area contributed by atoms with Gasteiger partial charge in [-0.3, -0.25) is 4.21 Å². The van der Waals surface area contributed by atoms with Gasteiger partial charge in [0.15, 0.2) is 9.84 Å². The van der Waals surface area contributed by atoms with Crippen molar-refractivity contribution in [2.75, 3.05) is 6.26 Å². The number of carbonyl (C=O) groups excluding carboxylic acids is 1. The molecule has 34 heavy (non-hydrogen) atoms. The van der Waals surface area contributed by atoms with Crippen molar-refractivity contribution in [3.05, 3.63) is 59.5 Å². The number of hydrogen-bond donors (Lipinski definition) is 1. The summed E-state index contributed by atoms with van der Waals surface area (Å²) in [4.78, 5) is 16.2. The number of nitrogens with one attached hydrogen (secondary N) is 1. The van der Waals surface area contributed by atoms with Crippen molar-refractivity contribution in [3.8, 4) is 11.1 Å². The maximum absolute atomic E-state index is 13.8. The third kappa shape index (κ3) is 6.43. The van der Waals surface area contributed by atoms with Crippen LogP contribution in [-0.2, 0) is 30.6 Å². The van der Waals surface area contributed by atoms with Gasteiger partial charge in [-0.25, -0.2) is 22.6 Å². The second-order valence-corrected chi connectivity index (χ2v) is 14.2. The summed E-state index contributed by atoms with van der Waals surface area (Å²) < 4.78 is 57.6. The first-order chi connectivity index (χ1) is 15.6. The van der Waals surface area contributed by atoms with Crippen molar-refractivity contribution in [2.24, 2.45) is 0 Å². The number of aromatic nitrogens is 1. The van der Waals surface area contributed by atoms with Gasteiger partial charge >= 0.3 is 6.09 Å². The summed E-state index contributed by atoms with van der Waals surface area (Å²) in [7, 11) is -6.81.